The number of carbonyl (C=O) groups is 1. The highest BCUT2D eigenvalue weighted by molar-refractivity contribution is 5.80. The molecule has 3 aliphatic rings. The van der Waals surface area contributed by atoms with Crippen molar-refractivity contribution in [2.45, 2.75) is 32.1 Å². The summed E-state index contributed by atoms with van der Waals surface area (Å²) in [6.45, 7) is 1.92. The van der Waals surface area contributed by atoms with Crippen LogP contribution in [0.25, 0.3) is 11.3 Å². The Morgan fingerprint density at radius 3 is 3.04 bits per heavy atom. The van der Waals surface area contributed by atoms with Gasteiger partial charge in [0.25, 0.3) is 0 Å². The zero-order chi connectivity index (χ0) is 16.8. The smallest absolute Gasteiger partial charge is 0.231 e. The van der Waals surface area contributed by atoms with Gasteiger partial charge in [-0.15, -0.1) is 0 Å². The van der Waals surface area contributed by atoms with Crippen LogP contribution in [0.5, 0.6) is 11.5 Å². The van der Waals surface area contributed by atoms with Gasteiger partial charge in [0.15, 0.2) is 11.5 Å². The van der Waals surface area contributed by atoms with Crippen LogP contribution in [0, 0.1) is 5.92 Å². The molecule has 0 bridgehead atoms. The first-order chi connectivity index (χ1) is 12.3. The van der Waals surface area contributed by atoms with Crippen LogP contribution in [0.1, 0.15) is 18.7 Å². The van der Waals surface area contributed by atoms with Crippen molar-refractivity contribution in [3.63, 3.8) is 0 Å². The summed E-state index contributed by atoms with van der Waals surface area (Å²) in [5.41, 5.74) is 2.06. The quantitative estimate of drug-likeness (QED) is 0.916. The maximum Gasteiger partial charge on any atom is 0.231 e. The molecule has 5 rings (SSSR count). The topological polar surface area (TPSA) is 74.6 Å². The number of nitrogens with one attached hydrogen (secondary N) is 1. The highest BCUT2D eigenvalue weighted by Gasteiger charge is 2.30. The molecule has 7 nitrogen and oxygen atoms in total. The molecule has 1 aromatic carbocycles. The average Bonchev–Trinajstić information content (AvgIpc) is 3.24. The van der Waals surface area contributed by atoms with Crippen LogP contribution < -0.4 is 14.8 Å². The van der Waals surface area contributed by atoms with Crippen molar-refractivity contribution < 1.29 is 19.0 Å². The van der Waals surface area contributed by atoms with Crippen molar-refractivity contribution in [2.75, 3.05) is 13.3 Å². The number of amides is 1. The molecule has 0 unspecified atom stereocenters. The predicted molar refractivity (Wildman–Crippen MR) is 88.1 cm³/mol. The molecule has 1 saturated carbocycles. The van der Waals surface area contributed by atoms with Gasteiger partial charge in [-0.25, -0.2) is 4.98 Å². The molecule has 0 spiro atoms. The molecule has 0 saturated heterocycles. The minimum absolute atomic E-state index is 0.0443. The standard InChI is InChI=1S/C18H19N3O4/c22-18(11-1-2-11)20-6-13-8-21-14(7-19-17(21)9-23-13)12-3-4-15-16(5-12)25-10-24-15/h3-5,7,11,13H,1-2,6,8-10H2,(H,20,22)/t13-/m0/s1. The Kier molecular flexibility index (Phi) is 3.41. The third kappa shape index (κ3) is 2.74. The van der Waals surface area contributed by atoms with E-state index in [1.165, 1.54) is 0 Å². The van der Waals surface area contributed by atoms with E-state index < -0.39 is 0 Å². The van der Waals surface area contributed by atoms with Gasteiger partial charge < -0.3 is 24.1 Å². The average molecular weight is 341 g/mol. The van der Waals surface area contributed by atoms with Crippen LogP contribution in [0.15, 0.2) is 24.4 Å². The van der Waals surface area contributed by atoms with E-state index in [2.05, 4.69) is 14.9 Å². The van der Waals surface area contributed by atoms with Crippen LogP contribution in [0.4, 0.5) is 0 Å². The first-order valence-electron chi connectivity index (χ1n) is 8.61. The minimum Gasteiger partial charge on any atom is -0.454 e. The minimum atomic E-state index is -0.0443. The van der Waals surface area contributed by atoms with Crippen molar-refractivity contribution in [1.29, 1.82) is 0 Å². The van der Waals surface area contributed by atoms with E-state index in [-0.39, 0.29) is 24.7 Å². The van der Waals surface area contributed by atoms with Gasteiger partial charge in [0.05, 0.1) is 24.5 Å². The van der Waals surface area contributed by atoms with E-state index in [1.807, 2.05) is 24.4 Å². The molecule has 1 aliphatic carbocycles. The molecule has 3 heterocycles. The van der Waals surface area contributed by atoms with Gasteiger partial charge >= 0.3 is 0 Å². The number of hydrogen-bond acceptors (Lipinski definition) is 5. The van der Waals surface area contributed by atoms with Gasteiger partial charge in [-0.1, -0.05) is 0 Å². The molecule has 0 radical (unpaired) electrons. The third-order valence-electron chi connectivity index (χ3n) is 4.89. The SMILES string of the molecule is O=C(NC[C@H]1Cn2c(-c3ccc4c(c3)OCO4)cnc2CO1)C1CC1. The Bertz CT molecular complexity index is 828. The second-order valence-electron chi connectivity index (χ2n) is 6.69. The maximum absolute atomic E-state index is 11.8. The number of ether oxygens (including phenoxy) is 3. The number of hydrogen-bond donors (Lipinski definition) is 1. The second-order valence-corrected chi connectivity index (χ2v) is 6.69. The fourth-order valence-electron chi connectivity index (χ4n) is 3.30. The summed E-state index contributed by atoms with van der Waals surface area (Å²) in [4.78, 5) is 16.3. The zero-order valence-corrected chi connectivity index (χ0v) is 13.7. The molecule has 7 heteroatoms. The van der Waals surface area contributed by atoms with E-state index in [4.69, 9.17) is 14.2 Å². The van der Waals surface area contributed by atoms with Gasteiger partial charge in [-0.2, -0.15) is 0 Å². The van der Waals surface area contributed by atoms with Crippen molar-refractivity contribution in [1.82, 2.24) is 14.9 Å². The van der Waals surface area contributed by atoms with Crippen molar-refractivity contribution in [3.05, 3.63) is 30.2 Å². The van der Waals surface area contributed by atoms with Crippen molar-refractivity contribution in [3.8, 4) is 22.8 Å². The summed E-state index contributed by atoms with van der Waals surface area (Å²) in [6.07, 6.45) is 3.84. The Morgan fingerprint density at radius 2 is 2.16 bits per heavy atom. The summed E-state index contributed by atoms with van der Waals surface area (Å²) in [5, 5.41) is 3.00. The Labute approximate surface area is 144 Å². The van der Waals surface area contributed by atoms with Crippen LogP contribution in [0.3, 0.4) is 0 Å². The highest BCUT2D eigenvalue weighted by atomic mass is 16.7. The number of carbonyl (C=O) groups excluding carboxylic acids is 1. The first kappa shape index (κ1) is 14.8. The van der Waals surface area contributed by atoms with E-state index in [9.17, 15) is 4.79 Å². The van der Waals surface area contributed by atoms with Crippen LogP contribution in [0.2, 0.25) is 0 Å². The van der Waals surface area contributed by atoms with E-state index in [0.29, 0.717) is 19.7 Å². The molecule has 2 aromatic rings. The molecule has 130 valence electrons. The maximum atomic E-state index is 11.8. The van der Waals surface area contributed by atoms with Gasteiger partial charge in [-0.05, 0) is 31.0 Å². The predicted octanol–water partition coefficient (Wildman–Crippen LogP) is 1.70. The Hall–Kier alpha value is -2.54. The summed E-state index contributed by atoms with van der Waals surface area (Å²) in [5.74, 6) is 2.80. The van der Waals surface area contributed by atoms with Crippen molar-refractivity contribution in [2.24, 2.45) is 5.92 Å². The van der Waals surface area contributed by atoms with E-state index in [1.54, 1.807) is 0 Å². The first-order valence-corrected chi connectivity index (χ1v) is 8.61. The lowest BCUT2D eigenvalue weighted by Crippen LogP contribution is -2.39. The lowest BCUT2D eigenvalue weighted by Gasteiger charge is -2.26. The van der Waals surface area contributed by atoms with Gasteiger partial charge in [-0.3, -0.25) is 4.79 Å². The van der Waals surface area contributed by atoms with Crippen molar-refractivity contribution >= 4 is 5.91 Å². The number of rotatable bonds is 4. The van der Waals surface area contributed by atoms with Crippen LogP contribution in [-0.2, 0) is 22.7 Å². The fraction of sp³-hybridized carbons (Fsp3) is 0.444. The zero-order valence-electron chi connectivity index (χ0n) is 13.7. The molecule has 1 amide bonds. The highest BCUT2D eigenvalue weighted by Crippen LogP contribution is 2.36. The van der Waals surface area contributed by atoms with Gasteiger partial charge in [0, 0.05) is 18.0 Å². The number of nitrogens with zero attached hydrogens (tertiary/aromatic N) is 2. The summed E-state index contributed by atoms with van der Waals surface area (Å²) in [6, 6.07) is 5.91. The molecular formula is C18H19N3O4. The third-order valence-corrected chi connectivity index (χ3v) is 4.89. The molecular weight excluding hydrogens is 322 g/mol. The van der Waals surface area contributed by atoms with E-state index in [0.717, 1.165) is 41.4 Å². The largest absolute Gasteiger partial charge is 0.454 e. The lowest BCUT2D eigenvalue weighted by molar-refractivity contribution is -0.123. The summed E-state index contributed by atoms with van der Waals surface area (Å²) >= 11 is 0. The number of imidazole rings is 1. The molecule has 1 N–H and O–H groups in total. The second kappa shape index (κ2) is 5.77. The molecule has 1 fully saturated rings. The lowest BCUT2D eigenvalue weighted by atomic mass is 10.1. The van der Waals surface area contributed by atoms with Crippen LogP contribution >= 0.6 is 0 Å². The summed E-state index contributed by atoms with van der Waals surface area (Å²) < 4.78 is 18.8. The number of fused-ring (bicyclic) bond motifs is 2. The molecule has 25 heavy (non-hydrogen) atoms. The fourth-order valence-corrected chi connectivity index (χ4v) is 3.30. The van der Waals surface area contributed by atoms with Crippen LogP contribution in [-0.4, -0.2) is 34.9 Å². The monoisotopic (exact) mass is 341 g/mol. The molecule has 1 aromatic heterocycles. The van der Waals surface area contributed by atoms with E-state index >= 15 is 0 Å². The normalized spacial score (nSPS) is 21.0. The van der Waals surface area contributed by atoms with Gasteiger partial charge in [0.2, 0.25) is 12.7 Å². The molecule has 1 atom stereocenters. The summed E-state index contributed by atoms with van der Waals surface area (Å²) in [7, 11) is 0. The number of aromatic nitrogens is 2. The number of benzene rings is 1. The Morgan fingerprint density at radius 1 is 1.28 bits per heavy atom. The van der Waals surface area contributed by atoms with Gasteiger partial charge in [0.1, 0.15) is 12.4 Å². The molecule has 2 aliphatic heterocycles. The Balaban J connectivity index is 1.34.